The fraction of sp³-hybridized carbons (Fsp3) is 0.474. The van der Waals surface area contributed by atoms with Gasteiger partial charge in [0.05, 0.1) is 19.9 Å². The van der Waals surface area contributed by atoms with Gasteiger partial charge >= 0.3 is 5.97 Å². The lowest BCUT2D eigenvalue weighted by Gasteiger charge is -2.36. The molecule has 1 aliphatic heterocycles. The van der Waals surface area contributed by atoms with Crippen molar-refractivity contribution in [1.82, 2.24) is 0 Å². The number of carbonyl (C=O) groups is 1. The van der Waals surface area contributed by atoms with E-state index in [4.69, 9.17) is 9.47 Å². The molecule has 0 amide bonds. The number of fused-ring (bicyclic) bond motifs is 1. The van der Waals surface area contributed by atoms with E-state index in [1.54, 1.807) is 26.0 Å². The molecule has 2 aliphatic rings. The molecular formula is C19H24N2O4S. The van der Waals surface area contributed by atoms with E-state index in [9.17, 15) is 9.90 Å². The molecule has 26 heavy (non-hydrogen) atoms. The number of carboxylic acid groups (broad SMARTS) is 1. The molecule has 0 saturated carbocycles. The maximum Gasteiger partial charge on any atom is 0.329 e. The molecule has 0 saturated heterocycles. The first-order chi connectivity index (χ1) is 12.3. The normalized spacial score (nSPS) is 21.5. The molecule has 1 aromatic rings. The van der Waals surface area contributed by atoms with Crippen LogP contribution in [0.15, 0.2) is 33.8 Å². The average Bonchev–Trinajstić information content (AvgIpc) is 2.60. The predicted molar refractivity (Wildman–Crippen MR) is 105 cm³/mol. The fourth-order valence-electron chi connectivity index (χ4n) is 3.31. The van der Waals surface area contributed by atoms with Gasteiger partial charge in [-0.05, 0) is 30.4 Å². The maximum atomic E-state index is 11.3. The predicted octanol–water partition coefficient (Wildman–Crippen LogP) is 3.79. The summed E-state index contributed by atoms with van der Waals surface area (Å²) in [5.74, 6) is 0.945. The molecule has 1 heterocycles. The van der Waals surface area contributed by atoms with Crippen LogP contribution in [0.1, 0.15) is 26.7 Å². The van der Waals surface area contributed by atoms with Crippen molar-refractivity contribution in [3.8, 4) is 11.5 Å². The van der Waals surface area contributed by atoms with E-state index in [-0.39, 0.29) is 5.41 Å². The summed E-state index contributed by atoms with van der Waals surface area (Å²) in [5.41, 5.74) is 2.90. The van der Waals surface area contributed by atoms with Gasteiger partial charge in [-0.1, -0.05) is 13.8 Å². The third-order valence-corrected chi connectivity index (χ3v) is 5.75. The number of ether oxygens (including phenoxy) is 2. The molecule has 0 radical (unpaired) electrons. The van der Waals surface area contributed by atoms with Gasteiger partial charge in [-0.25, -0.2) is 4.79 Å². The number of nitrogens with one attached hydrogen (secondary N) is 1. The number of benzene rings is 1. The Morgan fingerprint density at radius 1 is 1.27 bits per heavy atom. The van der Waals surface area contributed by atoms with Gasteiger partial charge in [-0.2, -0.15) is 0 Å². The van der Waals surface area contributed by atoms with E-state index in [1.165, 1.54) is 0 Å². The van der Waals surface area contributed by atoms with Crippen LogP contribution in [0.5, 0.6) is 11.5 Å². The number of aliphatic carboxylic acids is 1. The maximum absolute atomic E-state index is 11.3. The lowest BCUT2D eigenvalue weighted by molar-refractivity contribution is -0.137. The topological polar surface area (TPSA) is 80.2 Å². The van der Waals surface area contributed by atoms with E-state index >= 15 is 0 Å². The van der Waals surface area contributed by atoms with Crippen molar-refractivity contribution in [2.75, 3.05) is 25.3 Å². The van der Waals surface area contributed by atoms with Crippen molar-refractivity contribution in [2.24, 2.45) is 10.4 Å². The standard InChI is InChI=1S/C19H24N2O4S/c1-19(2)8-12(17-13(9-19)21-14(10-26-17)18(22)23)20-11-5-6-15(24-3)16(7-11)25-4/h5-7,14,20H,8-10H2,1-4H3,(H,22,23)/t14-/m0/s1. The van der Waals surface area contributed by atoms with Gasteiger partial charge in [-0.15, -0.1) is 11.8 Å². The Morgan fingerprint density at radius 3 is 2.65 bits per heavy atom. The zero-order valence-electron chi connectivity index (χ0n) is 15.5. The summed E-state index contributed by atoms with van der Waals surface area (Å²) in [6.45, 7) is 4.36. The number of allylic oxidation sites excluding steroid dienone is 2. The van der Waals surface area contributed by atoms with Gasteiger partial charge in [0.2, 0.25) is 0 Å². The summed E-state index contributed by atoms with van der Waals surface area (Å²) < 4.78 is 10.7. The fourth-order valence-corrected chi connectivity index (χ4v) is 4.44. The van der Waals surface area contributed by atoms with E-state index in [0.717, 1.165) is 34.8 Å². The number of hydrogen-bond donors (Lipinski definition) is 2. The molecule has 1 aliphatic carbocycles. The van der Waals surface area contributed by atoms with Gasteiger partial charge in [0.25, 0.3) is 0 Å². The molecule has 0 bridgehead atoms. The average molecular weight is 376 g/mol. The summed E-state index contributed by atoms with van der Waals surface area (Å²) in [6, 6.07) is 5.05. The zero-order chi connectivity index (χ0) is 18.9. The second-order valence-electron chi connectivity index (χ2n) is 7.26. The number of nitrogens with zero attached hydrogens (tertiary/aromatic N) is 1. The highest BCUT2D eigenvalue weighted by Crippen LogP contribution is 2.44. The van der Waals surface area contributed by atoms with Crippen LogP contribution >= 0.6 is 11.8 Å². The monoisotopic (exact) mass is 376 g/mol. The first-order valence-electron chi connectivity index (χ1n) is 8.48. The molecular weight excluding hydrogens is 352 g/mol. The van der Waals surface area contributed by atoms with Crippen molar-refractivity contribution < 1.29 is 19.4 Å². The Bertz CT molecular complexity index is 786. The third kappa shape index (κ3) is 3.82. The molecule has 0 aromatic heterocycles. The van der Waals surface area contributed by atoms with E-state index in [2.05, 4.69) is 24.2 Å². The minimum absolute atomic E-state index is 0.0160. The van der Waals surface area contributed by atoms with Crippen LogP contribution in [0.2, 0.25) is 0 Å². The Balaban J connectivity index is 1.95. The second-order valence-corrected chi connectivity index (χ2v) is 8.29. The number of thioether (sulfide) groups is 1. The molecule has 6 nitrogen and oxygen atoms in total. The molecule has 3 rings (SSSR count). The van der Waals surface area contributed by atoms with Crippen molar-refractivity contribution >= 4 is 29.1 Å². The first-order valence-corrected chi connectivity index (χ1v) is 9.46. The molecule has 0 unspecified atom stereocenters. The minimum atomic E-state index is -0.859. The van der Waals surface area contributed by atoms with Crippen LogP contribution in [-0.2, 0) is 4.79 Å². The van der Waals surface area contributed by atoms with Crippen LogP contribution < -0.4 is 14.8 Å². The quantitative estimate of drug-likeness (QED) is 0.814. The van der Waals surface area contributed by atoms with Crippen LogP contribution in [0.4, 0.5) is 5.69 Å². The van der Waals surface area contributed by atoms with Crippen molar-refractivity contribution in [2.45, 2.75) is 32.7 Å². The Hall–Kier alpha value is -2.15. The summed E-state index contributed by atoms with van der Waals surface area (Å²) in [7, 11) is 3.22. The summed E-state index contributed by atoms with van der Waals surface area (Å²) in [6.07, 6.45) is 1.66. The highest BCUT2D eigenvalue weighted by molar-refractivity contribution is 8.04. The first kappa shape index (κ1) is 18.6. The SMILES string of the molecule is COc1ccc(NC2=C3SC[C@@H](C(=O)O)N=C3CC(C)(C)C2)cc1OC. The van der Waals surface area contributed by atoms with Crippen LogP contribution in [0.3, 0.4) is 0 Å². The van der Waals surface area contributed by atoms with Gasteiger partial charge in [0, 0.05) is 28.1 Å². The van der Waals surface area contributed by atoms with E-state index in [0.29, 0.717) is 17.3 Å². The van der Waals surface area contributed by atoms with E-state index < -0.39 is 12.0 Å². The lowest BCUT2D eigenvalue weighted by atomic mass is 9.78. The molecule has 2 N–H and O–H groups in total. The summed E-state index contributed by atoms with van der Waals surface area (Å²) in [5, 5.41) is 12.8. The van der Waals surface area contributed by atoms with Gasteiger partial charge in [0.1, 0.15) is 0 Å². The number of anilines is 1. The number of rotatable bonds is 5. The number of methoxy groups -OCH3 is 2. The number of hydrogen-bond acceptors (Lipinski definition) is 6. The van der Waals surface area contributed by atoms with Gasteiger partial charge in [0.15, 0.2) is 17.5 Å². The molecule has 0 fully saturated rings. The summed E-state index contributed by atoms with van der Waals surface area (Å²) in [4.78, 5) is 16.9. The molecule has 7 heteroatoms. The molecule has 0 spiro atoms. The molecule has 1 aromatic carbocycles. The highest BCUT2D eigenvalue weighted by atomic mass is 32.2. The van der Waals surface area contributed by atoms with E-state index in [1.807, 2.05) is 18.2 Å². The Labute approximate surface area is 157 Å². The van der Waals surface area contributed by atoms with Gasteiger partial charge < -0.3 is 19.9 Å². The van der Waals surface area contributed by atoms with Crippen LogP contribution in [-0.4, -0.2) is 42.8 Å². The Kier molecular flexibility index (Phi) is 5.18. The lowest BCUT2D eigenvalue weighted by Crippen LogP contribution is -2.34. The number of aliphatic imine (C=N–C) groups is 1. The van der Waals surface area contributed by atoms with Crippen molar-refractivity contribution in [3.05, 3.63) is 28.8 Å². The molecule has 1 atom stereocenters. The summed E-state index contributed by atoms with van der Waals surface area (Å²) >= 11 is 1.58. The zero-order valence-corrected chi connectivity index (χ0v) is 16.3. The largest absolute Gasteiger partial charge is 0.493 e. The van der Waals surface area contributed by atoms with Crippen LogP contribution in [0, 0.1) is 5.41 Å². The van der Waals surface area contributed by atoms with Crippen LogP contribution in [0.25, 0.3) is 0 Å². The highest BCUT2D eigenvalue weighted by Gasteiger charge is 2.36. The van der Waals surface area contributed by atoms with Crippen molar-refractivity contribution in [3.63, 3.8) is 0 Å². The third-order valence-electron chi connectivity index (χ3n) is 4.50. The second kappa shape index (κ2) is 7.23. The number of carboxylic acids is 1. The Morgan fingerprint density at radius 2 is 2.00 bits per heavy atom. The smallest absolute Gasteiger partial charge is 0.329 e. The van der Waals surface area contributed by atoms with Gasteiger partial charge in [-0.3, -0.25) is 4.99 Å². The molecule has 140 valence electrons. The minimum Gasteiger partial charge on any atom is -0.493 e. The van der Waals surface area contributed by atoms with Crippen molar-refractivity contribution in [1.29, 1.82) is 0 Å².